The van der Waals surface area contributed by atoms with Crippen LogP contribution in [0.25, 0.3) is 0 Å². The Balaban J connectivity index is 2.17. The summed E-state index contributed by atoms with van der Waals surface area (Å²) < 4.78 is 26.1. The molecule has 0 saturated heterocycles. The Morgan fingerprint density at radius 3 is 2.58 bits per heavy atom. The molecule has 2 nitrogen and oxygen atoms in total. The number of nitrogens with two attached hydrogens (primary N) is 1. The van der Waals surface area contributed by atoms with Gasteiger partial charge in [-0.15, -0.1) is 11.8 Å². The molecule has 2 rings (SSSR count). The van der Waals surface area contributed by atoms with Crippen LogP contribution in [0.5, 0.6) is 0 Å². The highest BCUT2D eigenvalue weighted by Gasteiger charge is 2.06. The topological polar surface area (TPSA) is 49.8 Å². The van der Waals surface area contributed by atoms with Crippen LogP contribution in [0.3, 0.4) is 0 Å². The SMILES string of the molecule is N#Cc1cc(F)ccc1CSc1cc(N)cc(F)c1. The van der Waals surface area contributed by atoms with Crippen LogP contribution in [0, 0.1) is 23.0 Å². The van der Waals surface area contributed by atoms with E-state index in [2.05, 4.69) is 0 Å². The zero-order valence-corrected chi connectivity index (χ0v) is 10.7. The third-order valence-electron chi connectivity index (χ3n) is 2.48. The Kier molecular flexibility index (Phi) is 4.03. The van der Waals surface area contributed by atoms with Gasteiger partial charge in [0.2, 0.25) is 0 Å². The Labute approximate surface area is 113 Å². The van der Waals surface area contributed by atoms with E-state index in [1.54, 1.807) is 12.1 Å². The lowest BCUT2D eigenvalue weighted by molar-refractivity contribution is 0.625. The molecule has 2 N–H and O–H groups in total. The zero-order valence-electron chi connectivity index (χ0n) is 9.86. The lowest BCUT2D eigenvalue weighted by Gasteiger charge is -2.05. The van der Waals surface area contributed by atoms with Gasteiger partial charge in [0.25, 0.3) is 0 Å². The normalized spacial score (nSPS) is 10.2. The molecule has 5 heteroatoms. The minimum absolute atomic E-state index is 0.289. The highest BCUT2D eigenvalue weighted by atomic mass is 32.2. The lowest BCUT2D eigenvalue weighted by Crippen LogP contribution is -1.91. The maximum atomic E-state index is 13.2. The third kappa shape index (κ3) is 3.46. The van der Waals surface area contributed by atoms with Gasteiger partial charge in [-0.3, -0.25) is 0 Å². The van der Waals surface area contributed by atoms with E-state index in [1.807, 2.05) is 6.07 Å². The Hall–Kier alpha value is -2.06. The summed E-state index contributed by atoms with van der Waals surface area (Å²) in [6.07, 6.45) is 0. The monoisotopic (exact) mass is 276 g/mol. The molecule has 2 aromatic carbocycles. The van der Waals surface area contributed by atoms with E-state index in [-0.39, 0.29) is 5.56 Å². The minimum Gasteiger partial charge on any atom is -0.399 e. The summed E-state index contributed by atoms with van der Waals surface area (Å²) in [4.78, 5) is 0.672. The quantitative estimate of drug-likeness (QED) is 0.686. The van der Waals surface area contributed by atoms with Crippen molar-refractivity contribution in [2.24, 2.45) is 0 Å². The van der Waals surface area contributed by atoms with E-state index < -0.39 is 11.6 Å². The number of nitrogens with zero attached hydrogens (tertiary/aromatic N) is 1. The molecular formula is C14H10F2N2S. The molecule has 0 saturated carbocycles. The summed E-state index contributed by atoms with van der Waals surface area (Å²) in [6.45, 7) is 0. The first-order valence-corrected chi connectivity index (χ1v) is 6.44. The molecule has 0 aliphatic rings. The number of nitrogen functional groups attached to an aromatic ring is 1. The van der Waals surface area contributed by atoms with Gasteiger partial charge in [-0.25, -0.2) is 8.78 Å². The smallest absolute Gasteiger partial charge is 0.126 e. The molecule has 0 unspecified atom stereocenters. The van der Waals surface area contributed by atoms with Crippen molar-refractivity contribution < 1.29 is 8.78 Å². The van der Waals surface area contributed by atoms with Gasteiger partial charge in [0.1, 0.15) is 11.6 Å². The second-order valence-corrected chi connectivity index (χ2v) is 4.97. The van der Waals surface area contributed by atoms with E-state index in [1.165, 1.54) is 36.0 Å². The average molecular weight is 276 g/mol. The van der Waals surface area contributed by atoms with E-state index in [9.17, 15) is 8.78 Å². The van der Waals surface area contributed by atoms with Crippen LogP contribution in [0.4, 0.5) is 14.5 Å². The van der Waals surface area contributed by atoms with Crippen molar-refractivity contribution in [3.05, 3.63) is 59.2 Å². The third-order valence-corrected chi connectivity index (χ3v) is 3.50. The molecule has 0 radical (unpaired) electrons. The van der Waals surface area contributed by atoms with Crippen LogP contribution in [0.15, 0.2) is 41.3 Å². The molecule has 0 aliphatic carbocycles. The summed E-state index contributed by atoms with van der Waals surface area (Å²) in [6, 6.07) is 10.3. The largest absolute Gasteiger partial charge is 0.399 e. The zero-order chi connectivity index (χ0) is 13.8. The summed E-state index contributed by atoms with van der Waals surface area (Å²) in [5, 5.41) is 8.92. The Morgan fingerprint density at radius 1 is 1.11 bits per heavy atom. The van der Waals surface area contributed by atoms with Gasteiger partial charge in [-0.05, 0) is 35.9 Å². The van der Waals surface area contributed by atoms with Crippen LogP contribution in [0.1, 0.15) is 11.1 Å². The van der Waals surface area contributed by atoms with Gasteiger partial charge in [-0.2, -0.15) is 5.26 Å². The molecule has 0 bridgehead atoms. The Bertz CT molecular complexity index is 630. The van der Waals surface area contributed by atoms with E-state index in [0.29, 0.717) is 21.9 Å². The summed E-state index contributed by atoms with van der Waals surface area (Å²) in [5.74, 6) is -0.395. The van der Waals surface area contributed by atoms with Crippen molar-refractivity contribution in [2.45, 2.75) is 10.6 Å². The molecule has 96 valence electrons. The number of nitriles is 1. The van der Waals surface area contributed by atoms with Crippen LogP contribution >= 0.6 is 11.8 Å². The fraction of sp³-hybridized carbons (Fsp3) is 0.0714. The van der Waals surface area contributed by atoms with Crippen molar-refractivity contribution in [3.63, 3.8) is 0 Å². The highest BCUT2D eigenvalue weighted by molar-refractivity contribution is 7.98. The van der Waals surface area contributed by atoms with Crippen LogP contribution in [0.2, 0.25) is 0 Å². The predicted molar refractivity (Wildman–Crippen MR) is 71.5 cm³/mol. The molecule has 0 aromatic heterocycles. The molecular weight excluding hydrogens is 266 g/mol. The van der Waals surface area contributed by atoms with Crippen molar-refractivity contribution >= 4 is 17.4 Å². The van der Waals surface area contributed by atoms with E-state index >= 15 is 0 Å². The first-order chi connectivity index (χ1) is 9.08. The van der Waals surface area contributed by atoms with Gasteiger partial charge < -0.3 is 5.73 Å². The van der Waals surface area contributed by atoms with Crippen LogP contribution in [-0.2, 0) is 5.75 Å². The predicted octanol–water partition coefficient (Wildman–Crippen LogP) is 3.71. The second-order valence-electron chi connectivity index (χ2n) is 3.92. The standard InChI is InChI=1S/C14H10F2N2S/c15-11-2-1-9(10(3-11)7-17)8-19-14-5-12(16)4-13(18)6-14/h1-6H,8,18H2. The van der Waals surface area contributed by atoms with Crippen molar-refractivity contribution in [2.75, 3.05) is 5.73 Å². The summed E-state index contributed by atoms with van der Waals surface area (Å²) >= 11 is 1.34. The average Bonchev–Trinajstić information content (AvgIpc) is 2.36. The number of thioether (sulfide) groups is 1. The molecule has 2 aromatic rings. The van der Waals surface area contributed by atoms with Crippen LogP contribution < -0.4 is 5.73 Å². The number of hydrogen-bond acceptors (Lipinski definition) is 3. The van der Waals surface area contributed by atoms with Crippen molar-refractivity contribution in [3.8, 4) is 6.07 Å². The molecule has 0 heterocycles. The molecule has 0 fully saturated rings. The Morgan fingerprint density at radius 2 is 1.89 bits per heavy atom. The number of benzene rings is 2. The fourth-order valence-electron chi connectivity index (χ4n) is 1.61. The van der Waals surface area contributed by atoms with E-state index in [0.717, 1.165) is 0 Å². The number of hydrogen-bond donors (Lipinski definition) is 1. The molecule has 0 atom stereocenters. The van der Waals surface area contributed by atoms with E-state index in [4.69, 9.17) is 11.0 Å². The van der Waals surface area contributed by atoms with Crippen LogP contribution in [-0.4, -0.2) is 0 Å². The maximum Gasteiger partial charge on any atom is 0.126 e. The first kappa shape index (κ1) is 13.4. The number of anilines is 1. The van der Waals surface area contributed by atoms with Crippen molar-refractivity contribution in [1.29, 1.82) is 5.26 Å². The molecule has 0 aliphatic heterocycles. The van der Waals surface area contributed by atoms with Gasteiger partial charge in [0.15, 0.2) is 0 Å². The number of halogens is 2. The van der Waals surface area contributed by atoms with Crippen molar-refractivity contribution in [1.82, 2.24) is 0 Å². The highest BCUT2D eigenvalue weighted by Crippen LogP contribution is 2.27. The van der Waals surface area contributed by atoms with Gasteiger partial charge in [-0.1, -0.05) is 6.07 Å². The molecule has 0 amide bonds. The first-order valence-electron chi connectivity index (χ1n) is 5.46. The van der Waals surface area contributed by atoms with Gasteiger partial charge in [0.05, 0.1) is 11.6 Å². The maximum absolute atomic E-state index is 13.2. The fourth-order valence-corrected chi connectivity index (χ4v) is 2.60. The minimum atomic E-state index is -0.444. The summed E-state index contributed by atoms with van der Waals surface area (Å²) in [7, 11) is 0. The lowest BCUT2D eigenvalue weighted by atomic mass is 10.1. The molecule has 0 spiro atoms. The molecule has 19 heavy (non-hydrogen) atoms. The van der Waals surface area contributed by atoms with Gasteiger partial charge >= 0.3 is 0 Å². The second kappa shape index (κ2) is 5.72. The van der Waals surface area contributed by atoms with Gasteiger partial charge in [0, 0.05) is 16.3 Å². The number of rotatable bonds is 3. The summed E-state index contributed by atoms with van der Waals surface area (Å²) in [5.41, 5.74) is 6.89.